The van der Waals surface area contributed by atoms with Gasteiger partial charge in [-0.2, -0.15) is 0 Å². The molecule has 2 aromatic carbocycles. The highest BCUT2D eigenvalue weighted by molar-refractivity contribution is 7.90. The molecule has 0 spiro atoms. The van der Waals surface area contributed by atoms with Crippen molar-refractivity contribution in [1.82, 2.24) is 4.72 Å². The van der Waals surface area contributed by atoms with Gasteiger partial charge in [0.2, 0.25) is 5.91 Å². The van der Waals surface area contributed by atoms with Gasteiger partial charge in [-0.1, -0.05) is 35.9 Å². The average Bonchev–Trinajstić information content (AvgIpc) is 2.47. The van der Waals surface area contributed by atoms with E-state index >= 15 is 0 Å². The first-order chi connectivity index (χ1) is 10.8. The number of nitrogens with two attached hydrogens (primary N) is 1. The Morgan fingerprint density at radius 1 is 1.04 bits per heavy atom. The summed E-state index contributed by atoms with van der Waals surface area (Å²) < 4.78 is 26.3. The molecule has 3 N–H and O–H groups in total. The second kappa shape index (κ2) is 6.80. The monoisotopic (exact) mass is 352 g/mol. The third kappa shape index (κ3) is 4.30. The standard InChI is InChI=1S/C15H13ClN2O4S/c16-13-4-2-1-3-12(13)15(20)18-23(21,22)11-7-5-10(6-8-11)9-14(17)19/h1-8H,9H2,(H2,17,19)(H,18,20). The van der Waals surface area contributed by atoms with Crippen LogP contribution < -0.4 is 10.5 Å². The maximum absolute atomic E-state index is 12.2. The Morgan fingerprint density at radius 2 is 1.65 bits per heavy atom. The van der Waals surface area contributed by atoms with Crippen LogP contribution in [0.5, 0.6) is 0 Å². The molecule has 8 heteroatoms. The highest BCUT2D eigenvalue weighted by Crippen LogP contribution is 2.16. The summed E-state index contributed by atoms with van der Waals surface area (Å²) in [6, 6.07) is 11.6. The molecule has 0 aliphatic carbocycles. The van der Waals surface area contributed by atoms with Crippen molar-refractivity contribution in [2.75, 3.05) is 0 Å². The fourth-order valence-electron chi connectivity index (χ4n) is 1.87. The van der Waals surface area contributed by atoms with Crippen LogP contribution in [0.4, 0.5) is 0 Å². The molecule has 2 amide bonds. The zero-order chi connectivity index (χ0) is 17.0. The Bertz CT molecular complexity index is 848. The number of amides is 2. The van der Waals surface area contributed by atoms with Gasteiger partial charge in [0.25, 0.3) is 15.9 Å². The molecule has 0 aromatic heterocycles. The van der Waals surface area contributed by atoms with Crippen LogP contribution in [-0.4, -0.2) is 20.2 Å². The quantitative estimate of drug-likeness (QED) is 0.850. The third-order valence-electron chi connectivity index (χ3n) is 2.96. The second-order valence-electron chi connectivity index (χ2n) is 4.70. The van der Waals surface area contributed by atoms with E-state index in [9.17, 15) is 18.0 Å². The Balaban J connectivity index is 2.20. The molecule has 0 bridgehead atoms. The van der Waals surface area contributed by atoms with Crippen LogP contribution in [0.1, 0.15) is 15.9 Å². The van der Waals surface area contributed by atoms with Crippen molar-refractivity contribution in [3.8, 4) is 0 Å². The van der Waals surface area contributed by atoms with Gasteiger partial charge in [0.15, 0.2) is 0 Å². The lowest BCUT2D eigenvalue weighted by atomic mass is 10.1. The van der Waals surface area contributed by atoms with Crippen molar-refractivity contribution in [2.45, 2.75) is 11.3 Å². The van der Waals surface area contributed by atoms with Crippen LogP contribution in [-0.2, 0) is 21.2 Å². The van der Waals surface area contributed by atoms with Crippen LogP contribution in [0.2, 0.25) is 5.02 Å². The first kappa shape index (κ1) is 17.0. The minimum atomic E-state index is -4.04. The molecule has 120 valence electrons. The summed E-state index contributed by atoms with van der Waals surface area (Å²) in [6.07, 6.45) is 0.00626. The molecule has 0 fully saturated rings. The molecule has 2 rings (SSSR count). The van der Waals surface area contributed by atoms with Crippen molar-refractivity contribution in [1.29, 1.82) is 0 Å². The number of rotatable bonds is 5. The molecule has 0 radical (unpaired) electrons. The van der Waals surface area contributed by atoms with Crippen molar-refractivity contribution >= 4 is 33.4 Å². The molecular formula is C15H13ClN2O4S. The number of sulfonamides is 1. The number of halogens is 1. The lowest BCUT2D eigenvalue weighted by Gasteiger charge is -2.08. The third-order valence-corrected chi connectivity index (χ3v) is 4.63. The molecule has 0 aliphatic rings. The van der Waals surface area contributed by atoms with Crippen LogP contribution in [0.15, 0.2) is 53.4 Å². The van der Waals surface area contributed by atoms with E-state index in [2.05, 4.69) is 0 Å². The summed E-state index contributed by atoms with van der Waals surface area (Å²) in [6.45, 7) is 0. The topological polar surface area (TPSA) is 106 Å². The van der Waals surface area contributed by atoms with E-state index in [0.717, 1.165) is 0 Å². The van der Waals surface area contributed by atoms with Gasteiger partial charge in [0.05, 0.1) is 21.9 Å². The molecule has 0 atom stereocenters. The van der Waals surface area contributed by atoms with Gasteiger partial charge >= 0.3 is 0 Å². The first-order valence-corrected chi connectivity index (χ1v) is 8.34. The van der Waals surface area contributed by atoms with Crippen molar-refractivity contribution < 1.29 is 18.0 Å². The maximum atomic E-state index is 12.2. The summed E-state index contributed by atoms with van der Waals surface area (Å²) in [5.74, 6) is -1.34. The van der Waals surface area contributed by atoms with E-state index in [1.54, 1.807) is 12.1 Å². The van der Waals surface area contributed by atoms with Crippen molar-refractivity contribution in [3.63, 3.8) is 0 Å². The van der Waals surface area contributed by atoms with E-state index in [1.165, 1.54) is 36.4 Å². The summed E-state index contributed by atoms with van der Waals surface area (Å²) in [4.78, 5) is 22.7. The molecular weight excluding hydrogens is 340 g/mol. The fraction of sp³-hybridized carbons (Fsp3) is 0.0667. The Labute approximate surface area is 138 Å². The van der Waals surface area contributed by atoms with Gasteiger partial charge in [-0.15, -0.1) is 0 Å². The van der Waals surface area contributed by atoms with E-state index in [4.69, 9.17) is 17.3 Å². The number of hydrogen-bond donors (Lipinski definition) is 2. The lowest BCUT2D eigenvalue weighted by molar-refractivity contribution is -0.117. The van der Waals surface area contributed by atoms with Gasteiger partial charge < -0.3 is 5.73 Å². The fourth-order valence-corrected chi connectivity index (χ4v) is 3.06. The van der Waals surface area contributed by atoms with Gasteiger partial charge in [-0.3, -0.25) is 9.59 Å². The zero-order valence-electron chi connectivity index (χ0n) is 11.8. The van der Waals surface area contributed by atoms with E-state index in [0.29, 0.717) is 5.56 Å². The summed E-state index contributed by atoms with van der Waals surface area (Å²) in [5, 5.41) is 0.150. The smallest absolute Gasteiger partial charge is 0.266 e. The molecule has 0 aliphatic heterocycles. The van der Waals surface area contributed by atoms with Gasteiger partial charge in [0, 0.05) is 0 Å². The van der Waals surface area contributed by atoms with Gasteiger partial charge in [0.1, 0.15) is 0 Å². The van der Waals surface area contributed by atoms with Gasteiger partial charge in [-0.25, -0.2) is 13.1 Å². The summed E-state index contributed by atoms with van der Waals surface area (Å²) >= 11 is 5.86. The van der Waals surface area contributed by atoms with Crippen molar-refractivity contribution in [2.24, 2.45) is 5.73 Å². The molecule has 0 unspecified atom stereocenters. The molecule has 0 heterocycles. The zero-order valence-corrected chi connectivity index (χ0v) is 13.4. The number of hydrogen-bond acceptors (Lipinski definition) is 4. The SMILES string of the molecule is NC(=O)Cc1ccc(S(=O)(=O)NC(=O)c2ccccc2Cl)cc1. The minimum absolute atomic E-state index is 0.00626. The molecule has 0 saturated carbocycles. The van der Waals surface area contributed by atoms with Crippen LogP contribution in [0, 0.1) is 0 Å². The minimum Gasteiger partial charge on any atom is -0.369 e. The van der Waals surface area contributed by atoms with E-state index in [1.807, 2.05) is 4.72 Å². The highest BCUT2D eigenvalue weighted by atomic mass is 35.5. The molecule has 2 aromatic rings. The maximum Gasteiger partial charge on any atom is 0.266 e. The van der Waals surface area contributed by atoms with E-state index in [-0.39, 0.29) is 21.9 Å². The molecule has 0 saturated heterocycles. The second-order valence-corrected chi connectivity index (χ2v) is 6.79. The number of nitrogens with one attached hydrogen (secondary N) is 1. The normalized spacial score (nSPS) is 11.0. The highest BCUT2D eigenvalue weighted by Gasteiger charge is 2.20. The Hall–Kier alpha value is -2.38. The summed E-state index contributed by atoms with van der Waals surface area (Å²) in [5.41, 5.74) is 5.70. The average molecular weight is 353 g/mol. The molecule has 23 heavy (non-hydrogen) atoms. The van der Waals surface area contributed by atoms with Crippen molar-refractivity contribution in [3.05, 3.63) is 64.7 Å². The number of carbonyl (C=O) groups excluding carboxylic acids is 2. The predicted molar refractivity (Wildman–Crippen MR) is 85.4 cm³/mol. The first-order valence-electron chi connectivity index (χ1n) is 6.48. The van der Waals surface area contributed by atoms with Crippen LogP contribution in [0.25, 0.3) is 0 Å². The lowest BCUT2D eigenvalue weighted by Crippen LogP contribution is -2.30. The predicted octanol–water partition coefficient (Wildman–Crippen LogP) is 1.49. The Kier molecular flexibility index (Phi) is 5.02. The molecule has 6 nitrogen and oxygen atoms in total. The summed E-state index contributed by atoms with van der Waals surface area (Å²) in [7, 11) is -4.04. The number of benzene rings is 2. The van der Waals surface area contributed by atoms with Crippen LogP contribution >= 0.6 is 11.6 Å². The van der Waals surface area contributed by atoms with Crippen LogP contribution in [0.3, 0.4) is 0 Å². The number of carbonyl (C=O) groups is 2. The van der Waals surface area contributed by atoms with E-state index < -0.39 is 21.8 Å². The van der Waals surface area contributed by atoms with Gasteiger partial charge in [-0.05, 0) is 29.8 Å². The number of primary amides is 1. The Morgan fingerprint density at radius 3 is 2.22 bits per heavy atom. The largest absolute Gasteiger partial charge is 0.369 e.